The molecule has 6 nitrogen and oxygen atoms in total. The quantitative estimate of drug-likeness (QED) is 0.715. The summed E-state index contributed by atoms with van der Waals surface area (Å²) in [5.41, 5.74) is 4.59. The fourth-order valence-corrected chi connectivity index (χ4v) is 4.55. The van der Waals surface area contributed by atoms with Crippen LogP contribution < -0.4 is 5.32 Å². The molecule has 3 aromatic rings. The molecule has 1 aliphatic heterocycles. The molecule has 0 radical (unpaired) electrons. The van der Waals surface area contributed by atoms with Crippen LogP contribution in [0.15, 0.2) is 29.9 Å². The highest BCUT2D eigenvalue weighted by molar-refractivity contribution is 7.11. The van der Waals surface area contributed by atoms with Gasteiger partial charge in [0.2, 0.25) is 0 Å². The second-order valence-electron chi connectivity index (χ2n) is 8.48. The number of rotatable bonds is 3. The number of nitrogens with one attached hydrogen (secondary N) is 1. The fraction of sp³-hybridized carbons (Fsp3) is 0.476. The van der Waals surface area contributed by atoms with E-state index in [2.05, 4.69) is 41.7 Å². The zero-order chi connectivity index (χ0) is 19.9. The Balaban J connectivity index is 1.56. The number of fused-ring (bicyclic) bond motifs is 1. The predicted octanol–water partition coefficient (Wildman–Crippen LogP) is 4.33. The molecule has 1 saturated heterocycles. The zero-order valence-electron chi connectivity index (χ0n) is 16.9. The molecule has 7 heteroatoms. The van der Waals surface area contributed by atoms with Crippen molar-refractivity contribution in [3.8, 4) is 0 Å². The van der Waals surface area contributed by atoms with Crippen molar-refractivity contribution in [2.75, 3.05) is 18.4 Å². The summed E-state index contributed by atoms with van der Waals surface area (Å²) in [5, 5.41) is 3.65. The summed E-state index contributed by atoms with van der Waals surface area (Å²) in [6.45, 7) is 9.90. The van der Waals surface area contributed by atoms with E-state index >= 15 is 0 Å². The van der Waals surface area contributed by atoms with Gasteiger partial charge in [0.05, 0.1) is 16.9 Å². The van der Waals surface area contributed by atoms with Crippen molar-refractivity contribution >= 4 is 28.7 Å². The van der Waals surface area contributed by atoms with E-state index in [4.69, 9.17) is 4.98 Å². The Labute approximate surface area is 169 Å². The molecule has 0 unspecified atom stereocenters. The van der Waals surface area contributed by atoms with E-state index in [1.807, 2.05) is 30.0 Å². The van der Waals surface area contributed by atoms with Gasteiger partial charge < -0.3 is 10.2 Å². The lowest BCUT2D eigenvalue weighted by atomic mass is 9.93. The summed E-state index contributed by atoms with van der Waals surface area (Å²) in [6, 6.07) is 6.10. The van der Waals surface area contributed by atoms with Crippen molar-refractivity contribution in [1.82, 2.24) is 19.3 Å². The predicted molar refractivity (Wildman–Crippen MR) is 113 cm³/mol. The minimum Gasteiger partial charge on any atom is -0.365 e. The third-order valence-corrected chi connectivity index (χ3v) is 6.08. The summed E-state index contributed by atoms with van der Waals surface area (Å²) in [6.07, 6.45) is 3.91. The highest BCUT2D eigenvalue weighted by Gasteiger charge is 2.30. The van der Waals surface area contributed by atoms with Crippen LogP contribution in [-0.4, -0.2) is 43.8 Å². The number of anilines is 1. The third kappa shape index (κ3) is 3.63. The number of nitrogens with zero attached hydrogens (tertiary/aromatic N) is 4. The van der Waals surface area contributed by atoms with Crippen molar-refractivity contribution < 1.29 is 4.79 Å². The van der Waals surface area contributed by atoms with Gasteiger partial charge in [-0.2, -0.15) is 0 Å². The smallest absolute Gasteiger partial charge is 0.265 e. The number of piperidine rings is 1. The molecule has 0 spiro atoms. The molecule has 0 bridgehead atoms. The minimum atomic E-state index is -0.0546. The third-order valence-electron chi connectivity index (χ3n) is 5.16. The highest BCUT2D eigenvalue weighted by Crippen LogP contribution is 2.35. The average molecular weight is 398 g/mol. The number of imidazole rings is 1. The lowest BCUT2D eigenvalue weighted by Crippen LogP contribution is -2.38. The topological polar surface area (TPSA) is 62.5 Å². The number of carbonyl (C=O) groups is 1. The average Bonchev–Trinajstić information content (AvgIpc) is 3.24. The summed E-state index contributed by atoms with van der Waals surface area (Å²) in [4.78, 5) is 24.7. The first kappa shape index (κ1) is 18.9. The molecule has 4 rings (SSSR count). The second-order valence-corrected chi connectivity index (χ2v) is 9.34. The van der Waals surface area contributed by atoms with E-state index in [9.17, 15) is 4.79 Å². The van der Waals surface area contributed by atoms with Crippen LogP contribution in [0, 0.1) is 6.92 Å². The Kier molecular flexibility index (Phi) is 4.87. The zero-order valence-corrected chi connectivity index (χ0v) is 17.7. The van der Waals surface area contributed by atoms with E-state index in [0.717, 1.165) is 53.7 Å². The van der Waals surface area contributed by atoms with Crippen molar-refractivity contribution in [2.24, 2.45) is 0 Å². The van der Waals surface area contributed by atoms with Crippen LogP contribution in [0.25, 0.3) is 5.65 Å². The maximum atomic E-state index is 12.8. The van der Waals surface area contributed by atoms with Crippen LogP contribution in [-0.2, 0) is 0 Å². The second kappa shape index (κ2) is 7.20. The van der Waals surface area contributed by atoms with Gasteiger partial charge in [0, 0.05) is 30.7 Å². The van der Waals surface area contributed by atoms with E-state index in [1.165, 1.54) is 11.3 Å². The first-order valence-corrected chi connectivity index (χ1v) is 10.7. The lowest BCUT2D eigenvalue weighted by Gasteiger charge is -2.32. The van der Waals surface area contributed by atoms with E-state index < -0.39 is 0 Å². The summed E-state index contributed by atoms with van der Waals surface area (Å²) in [5.74, 6) is 1.53. The maximum absolute atomic E-state index is 12.8. The number of likely N-dealkylation sites (tertiary alicyclic amines) is 1. The van der Waals surface area contributed by atoms with Crippen LogP contribution in [0.4, 0.5) is 5.82 Å². The molecule has 1 amide bonds. The van der Waals surface area contributed by atoms with Gasteiger partial charge in [0.25, 0.3) is 5.91 Å². The Morgan fingerprint density at radius 1 is 1.25 bits per heavy atom. The van der Waals surface area contributed by atoms with Crippen LogP contribution in [0.2, 0.25) is 0 Å². The molecule has 0 atom stereocenters. The molecule has 148 valence electrons. The molecule has 0 aromatic carbocycles. The monoisotopic (exact) mass is 397 g/mol. The van der Waals surface area contributed by atoms with Gasteiger partial charge in [0.1, 0.15) is 16.3 Å². The summed E-state index contributed by atoms with van der Waals surface area (Å²) < 4.78 is 2.14. The number of thiazole rings is 1. The molecule has 3 aromatic heterocycles. The minimum absolute atomic E-state index is 0.0546. The van der Waals surface area contributed by atoms with E-state index in [1.54, 1.807) is 5.51 Å². The van der Waals surface area contributed by atoms with Crippen LogP contribution >= 0.6 is 11.3 Å². The maximum Gasteiger partial charge on any atom is 0.265 e. The number of aryl methyl sites for hydroxylation is 1. The normalized spacial score (nSPS) is 15.9. The Bertz CT molecular complexity index is 992. The Morgan fingerprint density at radius 2 is 2.00 bits per heavy atom. The molecule has 1 fully saturated rings. The van der Waals surface area contributed by atoms with Gasteiger partial charge in [-0.25, -0.2) is 9.97 Å². The number of pyridine rings is 1. The molecule has 1 N–H and O–H groups in total. The standard InChI is InChI=1S/C21H27N5OS/c1-14-18(28-13-22-14)20(27)25-11-8-15(9-12-25)17-19(24-21(2,3)4)26-10-6-5-7-16(26)23-17/h5-7,10,13,15,24H,8-9,11-12H2,1-4H3. The molecule has 28 heavy (non-hydrogen) atoms. The highest BCUT2D eigenvalue weighted by atomic mass is 32.1. The van der Waals surface area contributed by atoms with Crippen molar-refractivity contribution in [2.45, 2.75) is 52.0 Å². The Hall–Kier alpha value is -2.41. The van der Waals surface area contributed by atoms with Crippen LogP contribution in [0.3, 0.4) is 0 Å². The number of amides is 1. The summed E-state index contributed by atoms with van der Waals surface area (Å²) >= 11 is 1.43. The van der Waals surface area contributed by atoms with Gasteiger partial charge in [-0.1, -0.05) is 6.07 Å². The number of hydrogen-bond acceptors (Lipinski definition) is 5. The number of hydrogen-bond donors (Lipinski definition) is 1. The fourth-order valence-electron chi connectivity index (χ4n) is 3.78. The van der Waals surface area contributed by atoms with Crippen LogP contribution in [0.5, 0.6) is 0 Å². The van der Waals surface area contributed by atoms with Crippen molar-refractivity contribution in [3.63, 3.8) is 0 Å². The summed E-state index contributed by atoms with van der Waals surface area (Å²) in [7, 11) is 0. The van der Waals surface area contributed by atoms with Gasteiger partial charge >= 0.3 is 0 Å². The largest absolute Gasteiger partial charge is 0.365 e. The molecule has 0 aliphatic carbocycles. The molecule has 0 saturated carbocycles. The van der Waals surface area contributed by atoms with E-state index in [0.29, 0.717) is 5.92 Å². The molecule has 4 heterocycles. The van der Waals surface area contributed by atoms with Gasteiger partial charge in [-0.3, -0.25) is 9.20 Å². The van der Waals surface area contributed by atoms with Crippen molar-refractivity contribution in [3.05, 3.63) is 46.2 Å². The van der Waals surface area contributed by atoms with Crippen LogP contribution in [0.1, 0.15) is 60.6 Å². The first-order valence-electron chi connectivity index (χ1n) is 9.78. The Morgan fingerprint density at radius 3 is 2.64 bits per heavy atom. The SMILES string of the molecule is Cc1ncsc1C(=O)N1CCC(c2nc3ccccn3c2NC(C)(C)C)CC1. The lowest BCUT2D eigenvalue weighted by molar-refractivity contribution is 0.0716. The van der Waals surface area contributed by atoms with Gasteiger partial charge in [0.15, 0.2) is 0 Å². The first-order chi connectivity index (χ1) is 13.3. The number of carbonyl (C=O) groups excluding carboxylic acids is 1. The number of aromatic nitrogens is 3. The molecular formula is C21H27N5OS. The van der Waals surface area contributed by atoms with E-state index in [-0.39, 0.29) is 11.4 Å². The molecule has 1 aliphatic rings. The van der Waals surface area contributed by atoms with Gasteiger partial charge in [-0.05, 0) is 52.7 Å². The van der Waals surface area contributed by atoms with Gasteiger partial charge in [-0.15, -0.1) is 11.3 Å². The van der Waals surface area contributed by atoms with Crippen molar-refractivity contribution in [1.29, 1.82) is 0 Å². The molecular weight excluding hydrogens is 370 g/mol.